The van der Waals surface area contributed by atoms with E-state index >= 15 is 0 Å². The van der Waals surface area contributed by atoms with Crippen LogP contribution in [-0.4, -0.2) is 40.0 Å². The van der Waals surface area contributed by atoms with E-state index in [4.69, 9.17) is 4.74 Å². The van der Waals surface area contributed by atoms with Crippen LogP contribution < -0.4 is 15.4 Å². The maximum atomic E-state index is 12.4. The summed E-state index contributed by atoms with van der Waals surface area (Å²) < 4.78 is 5.18. The Bertz CT molecular complexity index is 1120. The van der Waals surface area contributed by atoms with Gasteiger partial charge in [0, 0.05) is 12.5 Å². The Kier molecular flexibility index (Phi) is 7.21. The van der Waals surface area contributed by atoms with Crippen LogP contribution in [0.2, 0.25) is 0 Å². The summed E-state index contributed by atoms with van der Waals surface area (Å²) >= 11 is 1.03. The molecule has 0 radical (unpaired) electrons. The number of benzene rings is 2. The number of nitro groups is 1. The summed E-state index contributed by atoms with van der Waals surface area (Å²) in [6.45, 7) is 1.70. The standard InChI is InChI=1S/C21H20N4O6S/c1-12-7-8-13(15(9-12)25(29)30)22-18(26)10-17-21(28)24-20(32-17)11-19(27)23-14-5-3-4-6-16(14)31-2/h3-9,17H,10-11H2,1-2H3,(H,22,26)(H,23,27)/t17-/m0/s1. The molecule has 1 aliphatic rings. The number of para-hydroxylation sites is 2. The second kappa shape index (κ2) is 10.1. The minimum absolute atomic E-state index is 0.0540. The normalized spacial score (nSPS) is 15.1. The molecular formula is C21H20N4O6S. The highest BCUT2D eigenvalue weighted by Crippen LogP contribution is 2.30. The number of anilines is 2. The minimum atomic E-state index is -0.798. The smallest absolute Gasteiger partial charge is 0.293 e. The molecule has 11 heteroatoms. The van der Waals surface area contributed by atoms with Gasteiger partial charge >= 0.3 is 0 Å². The van der Waals surface area contributed by atoms with Crippen LogP contribution in [0.15, 0.2) is 47.5 Å². The number of carbonyl (C=O) groups excluding carboxylic acids is 3. The third kappa shape index (κ3) is 5.70. The molecule has 10 nitrogen and oxygen atoms in total. The summed E-state index contributed by atoms with van der Waals surface area (Å²) in [7, 11) is 1.49. The van der Waals surface area contributed by atoms with E-state index < -0.39 is 22.0 Å². The monoisotopic (exact) mass is 456 g/mol. The van der Waals surface area contributed by atoms with E-state index in [1.807, 2.05) is 0 Å². The number of amides is 3. The SMILES string of the molecule is COc1ccccc1NC(=O)CC1=NC(=O)[C@H](CC(=O)Nc2ccc(C)cc2[N+](=O)[O-])S1. The van der Waals surface area contributed by atoms with Crippen molar-refractivity contribution >= 4 is 51.6 Å². The predicted octanol–water partition coefficient (Wildman–Crippen LogP) is 3.31. The summed E-state index contributed by atoms with van der Waals surface area (Å²) in [6.07, 6.45) is -0.355. The van der Waals surface area contributed by atoms with Gasteiger partial charge in [-0.15, -0.1) is 0 Å². The molecule has 0 saturated carbocycles. The van der Waals surface area contributed by atoms with E-state index in [1.54, 1.807) is 37.3 Å². The predicted molar refractivity (Wildman–Crippen MR) is 121 cm³/mol. The number of nitro benzene ring substituents is 1. The van der Waals surface area contributed by atoms with Gasteiger partial charge < -0.3 is 15.4 Å². The quantitative estimate of drug-likeness (QED) is 0.459. The van der Waals surface area contributed by atoms with Crippen molar-refractivity contribution in [1.29, 1.82) is 0 Å². The first kappa shape index (κ1) is 22.9. The summed E-state index contributed by atoms with van der Waals surface area (Å²) in [4.78, 5) is 51.4. The van der Waals surface area contributed by atoms with E-state index in [2.05, 4.69) is 15.6 Å². The molecule has 0 spiro atoms. The summed E-state index contributed by atoms with van der Waals surface area (Å²) in [5.41, 5.74) is 0.998. The first-order valence-corrected chi connectivity index (χ1v) is 10.4. The van der Waals surface area contributed by atoms with Crippen molar-refractivity contribution < 1.29 is 24.0 Å². The van der Waals surface area contributed by atoms with E-state index in [9.17, 15) is 24.5 Å². The summed E-state index contributed by atoms with van der Waals surface area (Å²) in [6, 6.07) is 11.3. The Morgan fingerprint density at radius 3 is 2.59 bits per heavy atom. The highest BCUT2D eigenvalue weighted by atomic mass is 32.2. The second-order valence-electron chi connectivity index (χ2n) is 6.91. The molecule has 0 fully saturated rings. The molecule has 1 atom stereocenters. The van der Waals surface area contributed by atoms with E-state index in [0.717, 1.165) is 11.8 Å². The number of hydrogen-bond acceptors (Lipinski definition) is 7. The van der Waals surface area contributed by atoms with Crippen molar-refractivity contribution in [2.75, 3.05) is 17.7 Å². The van der Waals surface area contributed by atoms with Gasteiger partial charge in [-0.3, -0.25) is 24.5 Å². The molecule has 166 valence electrons. The summed E-state index contributed by atoms with van der Waals surface area (Å²) in [5.74, 6) is -0.965. The van der Waals surface area contributed by atoms with Crippen LogP contribution in [0.25, 0.3) is 0 Å². The third-order valence-electron chi connectivity index (χ3n) is 4.48. The highest BCUT2D eigenvalue weighted by molar-refractivity contribution is 8.15. The molecule has 32 heavy (non-hydrogen) atoms. The molecule has 3 amide bonds. The van der Waals surface area contributed by atoms with Crippen LogP contribution in [-0.2, 0) is 14.4 Å². The van der Waals surface area contributed by atoms with Gasteiger partial charge in [0.05, 0.1) is 29.2 Å². The van der Waals surface area contributed by atoms with Crippen LogP contribution in [0.1, 0.15) is 18.4 Å². The molecule has 0 unspecified atom stereocenters. The van der Waals surface area contributed by atoms with Gasteiger partial charge in [-0.05, 0) is 30.7 Å². The molecule has 2 N–H and O–H groups in total. The number of hydrogen-bond donors (Lipinski definition) is 2. The average Bonchev–Trinajstić information content (AvgIpc) is 3.07. The first-order chi connectivity index (χ1) is 15.3. The number of rotatable bonds is 8. The van der Waals surface area contributed by atoms with Gasteiger partial charge in [0.15, 0.2) is 0 Å². The zero-order chi connectivity index (χ0) is 23.3. The van der Waals surface area contributed by atoms with Crippen LogP contribution >= 0.6 is 11.8 Å². The zero-order valence-electron chi connectivity index (χ0n) is 17.3. The van der Waals surface area contributed by atoms with Gasteiger partial charge in [0.25, 0.3) is 11.6 Å². The highest BCUT2D eigenvalue weighted by Gasteiger charge is 2.32. The molecule has 0 saturated heterocycles. The number of aryl methyl sites for hydroxylation is 1. The number of carbonyl (C=O) groups is 3. The Morgan fingerprint density at radius 2 is 1.88 bits per heavy atom. The number of nitrogens with zero attached hydrogens (tertiary/aromatic N) is 2. The van der Waals surface area contributed by atoms with Crippen molar-refractivity contribution in [3.63, 3.8) is 0 Å². The van der Waals surface area contributed by atoms with E-state index in [-0.39, 0.29) is 30.1 Å². The fourth-order valence-electron chi connectivity index (χ4n) is 2.99. The lowest BCUT2D eigenvalue weighted by molar-refractivity contribution is -0.384. The van der Waals surface area contributed by atoms with E-state index in [1.165, 1.54) is 19.2 Å². The van der Waals surface area contributed by atoms with Crippen LogP contribution in [0.3, 0.4) is 0 Å². The third-order valence-corrected chi connectivity index (χ3v) is 5.64. The van der Waals surface area contributed by atoms with Gasteiger partial charge in [0.2, 0.25) is 11.8 Å². The Balaban J connectivity index is 1.56. The molecule has 2 aromatic carbocycles. The number of nitrogens with one attached hydrogen (secondary N) is 2. The number of thioether (sulfide) groups is 1. The zero-order valence-corrected chi connectivity index (χ0v) is 18.1. The van der Waals surface area contributed by atoms with Gasteiger partial charge in [-0.1, -0.05) is 30.0 Å². The van der Waals surface area contributed by atoms with Crippen molar-refractivity contribution in [3.8, 4) is 5.75 Å². The molecule has 0 bridgehead atoms. The maximum Gasteiger partial charge on any atom is 0.293 e. The van der Waals surface area contributed by atoms with Crippen molar-refractivity contribution in [1.82, 2.24) is 0 Å². The topological polar surface area (TPSA) is 140 Å². The van der Waals surface area contributed by atoms with Crippen molar-refractivity contribution in [2.45, 2.75) is 25.0 Å². The second-order valence-corrected chi connectivity index (χ2v) is 8.18. The average molecular weight is 456 g/mol. The van der Waals surface area contributed by atoms with Gasteiger partial charge in [0.1, 0.15) is 16.7 Å². The molecule has 2 aromatic rings. The molecule has 0 aliphatic carbocycles. The van der Waals surface area contributed by atoms with E-state index in [0.29, 0.717) is 22.0 Å². The van der Waals surface area contributed by atoms with Crippen molar-refractivity contribution in [3.05, 3.63) is 58.1 Å². The molecule has 0 aromatic heterocycles. The lowest BCUT2D eigenvalue weighted by Crippen LogP contribution is -2.22. The first-order valence-electron chi connectivity index (χ1n) is 9.52. The van der Waals surface area contributed by atoms with Crippen LogP contribution in [0.4, 0.5) is 17.1 Å². The number of aliphatic imine (C=N–C) groups is 1. The fourth-order valence-corrected chi connectivity index (χ4v) is 4.07. The van der Waals surface area contributed by atoms with Gasteiger partial charge in [-0.25, -0.2) is 4.99 Å². The molecule has 1 heterocycles. The van der Waals surface area contributed by atoms with Crippen molar-refractivity contribution in [2.24, 2.45) is 4.99 Å². The molecule has 3 rings (SSSR count). The molecule has 1 aliphatic heterocycles. The van der Waals surface area contributed by atoms with Crippen LogP contribution in [0.5, 0.6) is 5.75 Å². The Morgan fingerprint density at radius 1 is 1.16 bits per heavy atom. The lowest BCUT2D eigenvalue weighted by atomic mass is 10.2. The minimum Gasteiger partial charge on any atom is -0.495 e. The Hall–Kier alpha value is -3.73. The largest absolute Gasteiger partial charge is 0.495 e. The Labute approximate surface area is 187 Å². The maximum absolute atomic E-state index is 12.4. The fraction of sp³-hybridized carbons (Fsp3) is 0.238. The van der Waals surface area contributed by atoms with Gasteiger partial charge in [-0.2, -0.15) is 0 Å². The number of methoxy groups -OCH3 is 1. The summed E-state index contributed by atoms with van der Waals surface area (Å²) in [5, 5.41) is 15.9. The molecular weight excluding hydrogens is 436 g/mol. The lowest BCUT2D eigenvalue weighted by Gasteiger charge is -2.10. The number of ether oxygens (including phenoxy) is 1. The van der Waals surface area contributed by atoms with Crippen LogP contribution in [0, 0.1) is 17.0 Å².